The van der Waals surface area contributed by atoms with Crippen LogP contribution in [0, 0.1) is 6.92 Å². The van der Waals surface area contributed by atoms with Crippen molar-refractivity contribution in [1.29, 1.82) is 0 Å². The average Bonchev–Trinajstić information content (AvgIpc) is 2.73. The number of aryl methyl sites for hydroxylation is 1. The number of carbonyl (C=O) groups excluding carboxylic acids is 1. The molecule has 2 aromatic carbocycles. The quantitative estimate of drug-likeness (QED) is 0.786. The van der Waals surface area contributed by atoms with Crippen LogP contribution in [0.5, 0.6) is 0 Å². The van der Waals surface area contributed by atoms with Gasteiger partial charge in [-0.15, -0.1) is 0 Å². The van der Waals surface area contributed by atoms with Gasteiger partial charge in [-0.25, -0.2) is 0 Å². The Morgan fingerprint density at radius 1 is 1.04 bits per heavy atom. The Balaban J connectivity index is 1.52. The normalized spacial score (nSPS) is 20.6. The van der Waals surface area contributed by atoms with Gasteiger partial charge in [0, 0.05) is 50.5 Å². The fourth-order valence-corrected chi connectivity index (χ4v) is 4.31. The number of carbonyl (C=O) groups is 1. The third-order valence-corrected chi connectivity index (χ3v) is 5.80. The Labute approximate surface area is 168 Å². The van der Waals surface area contributed by atoms with Crippen LogP contribution in [0.1, 0.15) is 36.9 Å². The molecule has 1 amide bonds. The summed E-state index contributed by atoms with van der Waals surface area (Å²) in [7, 11) is 0. The van der Waals surface area contributed by atoms with Crippen LogP contribution >= 0.6 is 0 Å². The lowest BCUT2D eigenvalue weighted by atomic mass is 9.94. The lowest BCUT2D eigenvalue weighted by Crippen LogP contribution is -2.49. The summed E-state index contributed by atoms with van der Waals surface area (Å²) in [6.45, 7) is 8.18. The number of rotatable bonds is 4. The van der Waals surface area contributed by atoms with E-state index in [1.54, 1.807) is 0 Å². The van der Waals surface area contributed by atoms with Gasteiger partial charge in [-0.2, -0.15) is 0 Å². The summed E-state index contributed by atoms with van der Waals surface area (Å²) in [4.78, 5) is 19.7. The van der Waals surface area contributed by atoms with E-state index in [-0.39, 0.29) is 11.9 Å². The molecule has 1 atom stereocenters. The van der Waals surface area contributed by atoms with E-state index in [1.807, 2.05) is 17.2 Å². The van der Waals surface area contributed by atoms with Crippen LogP contribution in [-0.2, 0) is 4.79 Å². The molecule has 0 saturated carbocycles. The van der Waals surface area contributed by atoms with E-state index in [0.29, 0.717) is 6.42 Å². The molecule has 2 heterocycles. The van der Waals surface area contributed by atoms with Crippen LogP contribution in [0.3, 0.4) is 0 Å². The fourth-order valence-electron chi connectivity index (χ4n) is 4.31. The van der Waals surface area contributed by atoms with Crippen LogP contribution < -0.4 is 9.80 Å². The first-order chi connectivity index (χ1) is 13.7. The second-order valence-corrected chi connectivity index (χ2v) is 7.70. The van der Waals surface area contributed by atoms with Crippen LogP contribution in [0.15, 0.2) is 60.8 Å². The van der Waals surface area contributed by atoms with E-state index in [2.05, 4.69) is 72.2 Å². The summed E-state index contributed by atoms with van der Waals surface area (Å²) in [5.41, 5.74) is 4.91. The Bertz CT molecular complexity index is 868. The Morgan fingerprint density at radius 2 is 1.82 bits per heavy atom. The van der Waals surface area contributed by atoms with Crippen molar-refractivity contribution in [2.75, 3.05) is 36.0 Å². The molecule has 2 aliphatic heterocycles. The van der Waals surface area contributed by atoms with Crippen molar-refractivity contribution in [3.63, 3.8) is 0 Å². The first-order valence-corrected chi connectivity index (χ1v) is 10.3. The van der Waals surface area contributed by atoms with Crippen LogP contribution in [0.4, 0.5) is 11.4 Å². The molecule has 0 radical (unpaired) electrons. The molecule has 4 rings (SSSR count). The largest absolute Gasteiger partial charge is 0.369 e. The number of benzene rings is 2. The van der Waals surface area contributed by atoms with Gasteiger partial charge in [0.2, 0.25) is 5.91 Å². The third kappa shape index (κ3) is 3.69. The molecule has 1 fully saturated rings. The van der Waals surface area contributed by atoms with Gasteiger partial charge < -0.3 is 4.90 Å². The van der Waals surface area contributed by atoms with Gasteiger partial charge in [0.1, 0.15) is 0 Å². The van der Waals surface area contributed by atoms with Crippen molar-refractivity contribution in [3.8, 4) is 0 Å². The number of anilines is 2. The predicted octanol–water partition coefficient (Wildman–Crippen LogP) is 4.52. The number of hydrogen-bond acceptors (Lipinski definition) is 3. The maximum atomic E-state index is 12.9. The zero-order valence-electron chi connectivity index (χ0n) is 16.8. The van der Waals surface area contributed by atoms with Crippen molar-refractivity contribution < 1.29 is 4.79 Å². The van der Waals surface area contributed by atoms with Gasteiger partial charge >= 0.3 is 0 Å². The van der Waals surface area contributed by atoms with Gasteiger partial charge in [0.25, 0.3) is 0 Å². The summed E-state index contributed by atoms with van der Waals surface area (Å²) in [5, 5.41) is 0. The Hall–Kier alpha value is -2.59. The van der Waals surface area contributed by atoms with Gasteiger partial charge in [-0.1, -0.05) is 43.3 Å². The molecule has 0 aromatic heterocycles. The van der Waals surface area contributed by atoms with Crippen molar-refractivity contribution in [1.82, 2.24) is 4.90 Å². The number of amides is 1. The van der Waals surface area contributed by atoms with Gasteiger partial charge in [0.05, 0.1) is 5.69 Å². The molecular weight excluding hydrogens is 346 g/mol. The minimum Gasteiger partial charge on any atom is -0.369 e. The highest BCUT2D eigenvalue weighted by Crippen LogP contribution is 2.38. The number of para-hydroxylation sites is 1. The van der Waals surface area contributed by atoms with Crippen LogP contribution in [0.2, 0.25) is 0 Å². The van der Waals surface area contributed by atoms with E-state index in [1.165, 1.54) is 16.8 Å². The summed E-state index contributed by atoms with van der Waals surface area (Å²) in [6.07, 6.45) is 5.47. The Morgan fingerprint density at radius 3 is 2.57 bits per heavy atom. The molecule has 1 unspecified atom stereocenters. The Kier molecular flexibility index (Phi) is 5.49. The molecule has 0 bridgehead atoms. The zero-order valence-corrected chi connectivity index (χ0v) is 16.8. The van der Waals surface area contributed by atoms with Gasteiger partial charge in [-0.05, 0) is 42.7 Å². The van der Waals surface area contributed by atoms with E-state index in [9.17, 15) is 4.79 Å². The highest BCUT2D eigenvalue weighted by atomic mass is 16.2. The molecule has 4 heteroatoms. The second kappa shape index (κ2) is 8.19. The molecule has 2 aliphatic rings. The van der Waals surface area contributed by atoms with E-state index in [0.717, 1.165) is 38.3 Å². The summed E-state index contributed by atoms with van der Waals surface area (Å²) < 4.78 is 0. The number of piperazine rings is 1. The summed E-state index contributed by atoms with van der Waals surface area (Å²) in [5.74, 6) is 0.189. The molecule has 1 saturated heterocycles. The monoisotopic (exact) mass is 375 g/mol. The molecule has 2 aromatic rings. The number of nitrogens with zero attached hydrogens (tertiary/aromatic N) is 3. The maximum Gasteiger partial charge on any atom is 0.232 e. The lowest BCUT2D eigenvalue weighted by Gasteiger charge is -2.43. The van der Waals surface area contributed by atoms with Crippen molar-refractivity contribution in [2.45, 2.75) is 32.7 Å². The number of allylic oxidation sites excluding steroid dienone is 1. The molecule has 4 nitrogen and oxygen atoms in total. The summed E-state index contributed by atoms with van der Waals surface area (Å²) >= 11 is 0. The van der Waals surface area contributed by atoms with Crippen molar-refractivity contribution >= 4 is 17.3 Å². The topological polar surface area (TPSA) is 26.8 Å². The fraction of sp³-hybridized carbons (Fsp3) is 0.375. The first kappa shape index (κ1) is 18.8. The van der Waals surface area contributed by atoms with Crippen LogP contribution in [-0.4, -0.2) is 37.0 Å². The van der Waals surface area contributed by atoms with Gasteiger partial charge in [-0.3, -0.25) is 14.6 Å². The highest BCUT2D eigenvalue weighted by molar-refractivity contribution is 5.98. The molecule has 0 spiro atoms. The van der Waals surface area contributed by atoms with Crippen molar-refractivity contribution in [3.05, 3.63) is 71.9 Å². The molecule has 0 aliphatic carbocycles. The zero-order chi connectivity index (χ0) is 19.5. The third-order valence-electron chi connectivity index (χ3n) is 5.80. The van der Waals surface area contributed by atoms with E-state index in [4.69, 9.17) is 0 Å². The van der Waals surface area contributed by atoms with E-state index < -0.39 is 0 Å². The lowest BCUT2D eigenvalue weighted by molar-refractivity contribution is -0.119. The average molecular weight is 376 g/mol. The SMILES string of the molecule is CCC=CN1C(=O)CC(N2CCN(c3cccc(C)c3)CC2)c2ccccc21. The standard InChI is InChI=1S/C24H29N3O/c1-3-4-12-27-22-11-6-5-10-21(22)23(18-24(27)28)26-15-13-25(14-16-26)20-9-7-8-19(2)17-20/h4-12,17,23H,3,13-16,18H2,1-2H3. The summed E-state index contributed by atoms with van der Waals surface area (Å²) in [6, 6.07) is 17.3. The number of fused-ring (bicyclic) bond motifs is 1. The predicted molar refractivity (Wildman–Crippen MR) is 116 cm³/mol. The minimum atomic E-state index is 0.176. The smallest absolute Gasteiger partial charge is 0.232 e. The minimum absolute atomic E-state index is 0.176. The van der Waals surface area contributed by atoms with Crippen LogP contribution in [0.25, 0.3) is 0 Å². The molecule has 0 N–H and O–H groups in total. The van der Waals surface area contributed by atoms with E-state index >= 15 is 0 Å². The second-order valence-electron chi connectivity index (χ2n) is 7.70. The first-order valence-electron chi connectivity index (χ1n) is 10.3. The van der Waals surface area contributed by atoms with Gasteiger partial charge in [0.15, 0.2) is 0 Å². The molecular formula is C24H29N3O. The molecule has 28 heavy (non-hydrogen) atoms. The highest BCUT2D eigenvalue weighted by Gasteiger charge is 2.34. The number of hydrogen-bond donors (Lipinski definition) is 0. The maximum absolute atomic E-state index is 12.9. The molecule has 146 valence electrons. The van der Waals surface area contributed by atoms with Crippen molar-refractivity contribution in [2.24, 2.45) is 0 Å².